The molecule has 64 heavy (non-hydrogen) atoms. The van der Waals surface area contributed by atoms with Gasteiger partial charge in [-0.1, -0.05) is 64.2 Å². The summed E-state index contributed by atoms with van der Waals surface area (Å²) in [6.45, 7) is 10.9. The first-order chi connectivity index (χ1) is 30.3. The summed E-state index contributed by atoms with van der Waals surface area (Å²) in [4.78, 5) is 72.0. The van der Waals surface area contributed by atoms with Crippen LogP contribution in [-0.2, 0) is 47.7 Å². The number of carbonyl (C=O) groups is 5. The van der Waals surface area contributed by atoms with E-state index in [0.717, 1.165) is 5.57 Å². The average molecular weight is 898 g/mol. The number of methoxy groups -OCH3 is 3. The smallest absolute Gasteiger partial charge is 0.329 e. The Bertz CT molecular complexity index is 1790. The number of ketones is 3. The SMILES string of the molecule is CO[C@H]1C[C@@H]2CC[C@@H](C)[C@@](O)(O2)C(=O)C(=O)N2CCCC3C2C(=O)O[C@@H](CC(=O)[C@H](C)/C=C(\C)[C@@H](O)[C@@H](OC)C(=O)[C@H](C)C[C@H](C)/C=C/C=C/C=C/1C)[C@H]3C[C@@H]1CCC(O)[C@H](OC)C1. The summed E-state index contributed by atoms with van der Waals surface area (Å²) in [7, 11) is 4.52. The molecule has 3 saturated heterocycles. The van der Waals surface area contributed by atoms with Gasteiger partial charge in [0.1, 0.15) is 30.1 Å². The van der Waals surface area contributed by atoms with Crippen molar-refractivity contribution < 1.29 is 63.0 Å². The van der Waals surface area contributed by atoms with Gasteiger partial charge in [-0.3, -0.25) is 19.2 Å². The fourth-order valence-electron chi connectivity index (χ4n) is 10.9. The third kappa shape index (κ3) is 12.0. The van der Waals surface area contributed by atoms with Crippen molar-refractivity contribution in [3.8, 4) is 0 Å². The third-order valence-corrected chi connectivity index (χ3v) is 14.9. The molecule has 3 unspecified atom stereocenters. The van der Waals surface area contributed by atoms with Crippen LogP contribution in [0.4, 0.5) is 0 Å². The zero-order valence-corrected chi connectivity index (χ0v) is 39.5. The average Bonchev–Trinajstić information content (AvgIpc) is 3.27. The van der Waals surface area contributed by atoms with E-state index in [-0.39, 0.29) is 42.5 Å². The maximum atomic E-state index is 14.4. The minimum Gasteiger partial charge on any atom is -0.460 e. The number of ether oxygens (including phenoxy) is 5. The molecule has 0 aromatic rings. The largest absolute Gasteiger partial charge is 0.460 e. The lowest BCUT2D eigenvalue weighted by atomic mass is 9.68. The van der Waals surface area contributed by atoms with Crippen molar-refractivity contribution in [1.82, 2.24) is 4.90 Å². The quantitative estimate of drug-likeness (QED) is 0.181. The summed E-state index contributed by atoms with van der Waals surface area (Å²) in [5, 5.41) is 34.1. The molecule has 0 radical (unpaired) electrons. The molecular weight excluding hydrogens is 823 g/mol. The number of hydrogen-bond donors (Lipinski definition) is 3. The predicted molar refractivity (Wildman–Crippen MR) is 238 cm³/mol. The molecule has 358 valence electrons. The highest BCUT2D eigenvalue weighted by atomic mass is 16.6. The maximum absolute atomic E-state index is 14.4. The number of piperidine rings is 1. The number of hydrogen-bond acceptors (Lipinski definition) is 13. The van der Waals surface area contributed by atoms with Gasteiger partial charge in [-0.05, 0) is 101 Å². The van der Waals surface area contributed by atoms with E-state index in [4.69, 9.17) is 23.7 Å². The number of aliphatic hydroxyl groups excluding tert-OH is 2. The highest BCUT2D eigenvalue weighted by Gasteiger charge is 2.57. The molecule has 3 N–H and O–H groups in total. The van der Waals surface area contributed by atoms with E-state index in [0.29, 0.717) is 69.8 Å². The normalized spacial score (nSPS) is 43.2. The number of Topliss-reactive ketones (excluding diaryl/α,β-unsaturated/α-hetero) is 3. The van der Waals surface area contributed by atoms with Crippen LogP contribution in [0.15, 0.2) is 47.6 Å². The van der Waals surface area contributed by atoms with Crippen LogP contribution in [0.1, 0.15) is 112 Å². The number of esters is 1. The Labute approximate surface area is 379 Å². The van der Waals surface area contributed by atoms with E-state index < -0.39 is 95.7 Å². The molecular formula is C50H75NO13. The zero-order valence-electron chi connectivity index (χ0n) is 39.5. The highest BCUT2D eigenvalue weighted by Crippen LogP contribution is 2.45. The molecule has 0 spiro atoms. The molecule has 14 heteroatoms. The Hall–Kier alpha value is -3.37. The fraction of sp³-hybridized carbons (Fsp3) is 0.740. The van der Waals surface area contributed by atoms with Crippen LogP contribution in [-0.4, -0.2) is 132 Å². The van der Waals surface area contributed by atoms with Crippen molar-refractivity contribution in [3.05, 3.63) is 47.6 Å². The van der Waals surface area contributed by atoms with Crippen molar-refractivity contribution in [1.29, 1.82) is 0 Å². The summed E-state index contributed by atoms with van der Waals surface area (Å²) in [5.74, 6) is -8.43. The Kier molecular flexibility index (Phi) is 18.5. The molecule has 1 aliphatic carbocycles. The number of carbonyl (C=O) groups excluding carboxylic acids is 5. The second-order valence-corrected chi connectivity index (χ2v) is 19.5. The molecule has 4 aliphatic heterocycles. The Balaban J connectivity index is 1.51. The van der Waals surface area contributed by atoms with Gasteiger partial charge < -0.3 is 43.9 Å². The Morgan fingerprint density at radius 2 is 1.58 bits per heavy atom. The van der Waals surface area contributed by atoms with Gasteiger partial charge >= 0.3 is 5.97 Å². The Morgan fingerprint density at radius 3 is 2.27 bits per heavy atom. The van der Waals surface area contributed by atoms with Crippen LogP contribution in [0, 0.1) is 41.4 Å². The first kappa shape index (κ1) is 51.6. The van der Waals surface area contributed by atoms with Crippen LogP contribution in [0.5, 0.6) is 0 Å². The number of amides is 1. The van der Waals surface area contributed by atoms with Gasteiger partial charge in [0.2, 0.25) is 5.79 Å². The predicted octanol–water partition coefficient (Wildman–Crippen LogP) is 5.40. The fourth-order valence-corrected chi connectivity index (χ4v) is 10.9. The number of allylic oxidation sites excluding steroid dienone is 6. The minimum absolute atomic E-state index is 0.0231. The first-order valence-electron chi connectivity index (χ1n) is 23.5. The van der Waals surface area contributed by atoms with Gasteiger partial charge in [-0.15, -0.1) is 0 Å². The summed E-state index contributed by atoms with van der Waals surface area (Å²) in [5.41, 5.74) is 1.28. The standard InChI is InChI=1S/C50H75NO13/c1-28-14-11-10-12-15-29(2)40(60-7)26-35-19-17-33(6)50(59,64-35)47(56)48(57)51-21-13-16-36-37(24-34-18-20-38(52)42(25-34)61-8)41(63-49(58)43(36)51)27-39(53)30(3)23-32(5)45(55)46(62-9)44(54)31(4)22-28/h10-12,14-15,23,28,30-31,33-38,40-43,45-46,52,55,59H,13,16-22,24-27H2,1-9H3/b12-10+,14-11+,29-15+,32-23+/t28-,30-,31-,33-,34+,35+,36?,37+,38?,40+,41+,42-,43?,45-,46+,50-/m1/s1. The van der Waals surface area contributed by atoms with Crippen LogP contribution >= 0.6 is 0 Å². The number of fused-ring (bicyclic) bond motifs is 3. The summed E-state index contributed by atoms with van der Waals surface area (Å²) < 4.78 is 29.4. The van der Waals surface area contributed by atoms with E-state index in [9.17, 15) is 39.3 Å². The molecule has 14 nitrogen and oxygen atoms in total. The van der Waals surface area contributed by atoms with E-state index >= 15 is 0 Å². The summed E-state index contributed by atoms with van der Waals surface area (Å²) in [6.07, 6.45) is 10.8. The van der Waals surface area contributed by atoms with Crippen molar-refractivity contribution >= 4 is 29.2 Å². The van der Waals surface area contributed by atoms with Crippen molar-refractivity contribution in [3.63, 3.8) is 0 Å². The highest BCUT2D eigenvalue weighted by molar-refractivity contribution is 6.39. The summed E-state index contributed by atoms with van der Waals surface area (Å²) in [6, 6.07) is -1.12. The van der Waals surface area contributed by atoms with Gasteiger partial charge in [-0.2, -0.15) is 0 Å². The number of rotatable bonds is 5. The van der Waals surface area contributed by atoms with E-state index in [1.54, 1.807) is 41.1 Å². The maximum Gasteiger partial charge on any atom is 0.329 e. The van der Waals surface area contributed by atoms with Gasteiger partial charge in [0.25, 0.3) is 11.7 Å². The van der Waals surface area contributed by atoms with Crippen molar-refractivity contribution in [2.75, 3.05) is 27.9 Å². The van der Waals surface area contributed by atoms with E-state index in [1.807, 2.05) is 51.2 Å². The lowest BCUT2D eigenvalue weighted by Gasteiger charge is -2.50. The van der Waals surface area contributed by atoms with Gasteiger partial charge in [0.05, 0.1) is 24.4 Å². The molecule has 5 rings (SSSR count). The molecule has 0 aromatic heterocycles. The number of aliphatic hydroxyl groups is 3. The molecule has 16 atom stereocenters. The second-order valence-electron chi connectivity index (χ2n) is 19.5. The second kappa shape index (κ2) is 22.9. The first-order valence-corrected chi connectivity index (χ1v) is 23.5. The summed E-state index contributed by atoms with van der Waals surface area (Å²) >= 11 is 0. The van der Waals surface area contributed by atoms with Crippen LogP contribution in [0.3, 0.4) is 0 Å². The van der Waals surface area contributed by atoms with Gasteiger partial charge in [-0.25, -0.2) is 4.79 Å². The molecule has 4 heterocycles. The van der Waals surface area contributed by atoms with Crippen LogP contribution in [0.2, 0.25) is 0 Å². The van der Waals surface area contributed by atoms with E-state index in [2.05, 4.69) is 0 Å². The van der Waals surface area contributed by atoms with Crippen LogP contribution < -0.4 is 0 Å². The molecule has 1 saturated carbocycles. The van der Waals surface area contributed by atoms with Gasteiger partial charge in [0.15, 0.2) is 5.78 Å². The molecule has 5 aliphatic rings. The third-order valence-electron chi connectivity index (χ3n) is 14.9. The lowest BCUT2D eigenvalue weighted by molar-refractivity contribution is -0.266. The van der Waals surface area contributed by atoms with Crippen LogP contribution in [0.25, 0.3) is 0 Å². The molecule has 1 amide bonds. The van der Waals surface area contributed by atoms with Crippen molar-refractivity contribution in [2.24, 2.45) is 41.4 Å². The van der Waals surface area contributed by atoms with Gasteiger partial charge in [0, 0.05) is 64.4 Å². The molecule has 4 fully saturated rings. The molecule has 0 aromatic carbocycles. The molecule has 6 bridgehead atoms. The topological polar surface area (TPSA) is 195 Å². The minimum atomic E-state index is -2.43. The van der Waals surface area contributed by atoms with E-state index in [1.165, 1.54) is 12.0 Å². The van der Waals surface area contributed by atoms with Crippen molar-refractivity contribution in [2.45, 2.75) is 167 Å². The monoisotopic (exact) mass is 898 g/mol. The number of nitrogens with zero attached hydrogens (tertiary/aromatic N) is 1. The Morgan fingerprint density at radius 1 is 0.844 bits per heavy atom. The lowest BCUT2D eigenvalue weighted by Crippen LogP contribution is -2.65. The zero-order chi connectivity index (χ0) is 47.0.